The first-order valence-corrected chi connectivity index (χ1v) is 5.36. The van der Waals surface area contributed by atoms with Crippen LogP contribution in [0.1, 0.15) is 34.1 Å². The first-order chi connectivity index (χ1) is 4.63. The molecule has 0 heterocycles. The van der Waals surface area contributed by atoms with Crippen LogP contribution in [0.2, 0.25) is 0 Å². The summed E-state index contributed by atoms with van der Waals surface area (Å²) < 4.78 is 0. The second kappa shape index (κ2) is 6.09. The lowest BCUT2D eigenvalue weighted by Crippen LogP contribution is -1.94. The molecule has 0 aliphatic heterocycles. The van der Waals surface area contributed by atoms with Crippen LogP contribution in [0.4, 0.5) is 0 Å². The van der Waals surface area contributed by atoms with Gasteiger partial charge in [0.2, 0.25) is 0 Å². The fourth-order valence-electron chi connectivity index (χ4n) is 0.638. The van der Waals surface area contributed by atoms with Crippen LogP contribution in [0, 0.1) is 11.8 Å². The van der Waals surface area contributed by atoms with E-state index in [9.17, 15) is 0 Å². The predicted octanol–water partition coefficient (Wildman–Crippen LogP) is 3.42. The van der Waals surface area contributed by atoms with Gasteiger partial charge in [0, 0.05) is 0 Å². The van der Waals surface area contributed by atoms with Gasteiger partial charge in [-0.15, -0.1) is 0 Å². The van der Waals surface area contributed by atoms with E-state index in [1.165, 1.54) is 17.9 Å². The summed E-state index contributed by atoms with van der Waals surface area (Å²) in [6.45, 7) is 9.14. The summed E-state index contributed by atoms with van der Waals surface area (Å²) >= 11 is 2.09. The summed E-state index contributed by atoms with van der Waals surface area (Å²) in [7, 11) is 0. The highest BCUT2D eigenvalue weighted by Gasteiger charge is 1.96. The Hall–Kier alpha value is 0.350. The molecular weight excluding hydrogens is 140 g/mol. The molecule has 10 heavy (non-hydrogen) atoms. The van der Waals surface area contributed by atoms with Crippen LogP contribution in [-0.4, -0.2) is 11.5 Å². The molecule has 0 nitrogen and oxygen atoms in total. The number of rotatable bonds is 5. The van der Waals surface area contributed by atoms with Gasteiger partial charge in [-0.1, -0.05) is 27.7 Å². The van der Waals surface area contributed by atoms with Gasteiger partial charge in [-0.25, -0.2) is 0 Å². The third-order valence-electron chi connectivity index (χ3n) is 1.29. The SMILES string of the molecule is CC(C)CCSCC(C)C. The van der Waals surface area contributed by atoms with Crippen LogP contribution in [0.3, 0.4) is 0 Å². The second-order valence-corrected chi connectivity index (χ2v) is 4.80. The van der Waals surface area contributed by atoms with Gasteiger partial charge in [-0.2, -0.15) is 11.8 Å². The summed E-state index contributed by atoms with van der Waals surface area (Å²) in [5, 5.41) is 0. The van der Waals surface area contributed by atoms with E-state index in [-0.39, 0.29) is 0 Å². The predicted molar refractivity (Wildman–Crippen MR) is 51.6 cm³/mol. The van der Waals surface area contributed by atoms with Gasteiger partial charge < -0.3 is 0 Å². The zero-order valence-electron chi connectivity index (χ0n) is 7.68. The molecule has 0 aliphatic carbocycles. The summed E-state index contributed by atoms with van der Waals surface area (Å²) in [6, 6.07) is 0. The van der Waals surface area contributed by atoms with Crippen LogP contribution in [0.5, 0.6) is 0 Å². The molecule has 0 amide bonds. The lowest BCUT2D eigenvalue weighted by Gasteiger charge is -2.05. The number of hydrogen-bond acceptors (Lipinski definition) is 1. The second-order valence-electron chi connectivity index (χ2n) is 3.65. The zero-order valence-corrected chi connectivity index (χ0v) is 8.50. The van der Waals surface area contributed by atoms with Crippen molar-refractivity contribution in [1.29, 1.82) is 0 Å². The molecule has 0 atom stereocenters. The molecule has 0 unspecified atom stereocenters. The molecular formula is C9H20S. The van der Waals surface area contributed by atoms with Crippen molar-refractivity contribution in [3.05, 3.63) is 0 Å². The maximum atomic E-state index is 2.29. The van der Waals surface area contributed by atoms with Crippen molar-refractivity contribution in [3.63, 3.8) is 0 Å². The van der Waals surface area contributed by atoms with Gasteiger partial charge >= 0.3 is 0 Å². The third kappa shape index (κ3) is 8.35. The molecule has 0 spiro atoms. The first kappa shape index (κ1) is 10.3. The fourth-order valence-corrected chi connectivity index (χ4v) is 1.91. The smallest absolute Gasteiger partial charge is 0.00444 e. The van der Waals surface area contributed by atoms with E-state index in [4.69, 9.17) is 0 Å². The molecule has 0 aromatic heterocycles. The minimum atomic E-state index is 0.858. The van der Waals surface area contributed by atoms with E-state index in [0.717, 1.165) is 11.8 Å². The topological polar surface area (TPSA) is 0 Å². The van der Waals surface area contributed by atoms with Crippen LogP contribution < -0.4 is 0 Å². The van der Waals surface area contributed by atoms with Crippen molar-refractivity contribution in [2.45, 2.75) is 34.1 Å². The van der Waals surface area contributed by atoms with E-state index in [0.29, 0.717) is 0 Å². The largest absolute Gasteiger partial charge is 0.162 e. The zero-order chi connectivity index (χ0) is 7.98. The minimum absolute atomic E-state index is 0.858. The van der Waals surface area contributed by atoms with Crippen molar-refractivity contribution < 1.29 is 0 Å². The molecule has 1 heteroatoms. The van der Waals surface area contributed by atoms with Crippen molar-refractivity contribution in [3.8, 4) is 0 Å². The molecule has 0 aliphatic rings. The van der Waals surface area contributed by atoms with Crippen molar-refractivity contribution in [1.82, 2.24) is 0 Å². The molecule has 0 aromatic carbocycles. The van der Waals surface area contributed by atoms with Crippen molar-refractivity contribution in [2.24, 2.45) is 11.8 Å². The third-order valence-corrected chi connectivity index (χ3v) is 2.72. The molecule has 0 saturated heterocycles. The average molecular weight is 160 g/mol. The van der Waals surface area contributed by atoms with Gasteiger partial charge in [-0.3, -0.25) is 0 Å². The molecule has 0 radical (unpaired) electrons. The first-order valence-electron chi connectivity index (χ1n) is 4.20. The standard InChI is InChI=1S/C9H20S/c1-8(2)5-6-10-7-9(3)4/h8-9H,5-7H2,1-4H3. The van der Waals surface area contributed by atoms with Gasteiger partial charge in [0.15, 0.2) is 0 Å². The lowest BCUT2D eigenvalue weighted by molar-refractivity contribution is 0.631. The molecule has 0 N–H and O–H groups in total. The Morgan fingerprint density at radius 3 is 2.00 bits per heavy atom. The monoisotopic (exact) mass is 160 g/mol. The van der Waals surface area contributed by atoms with Gasteiger partial charge in [0.05, 0.1) is 0 Å². The van der Waals surface area contributed by atoms with E-state index in [1.54, 1.807) is 0 Å². The van der Waals surface area contributed by atoms with Gasteiger partial charge in [0.1, 0.15) is 0 Å². The Bertz CT molecular complexity index is 57.1. The minimum Gasteiger partial charge on any atom is -0.162 e. The lowest BCUT2D eigenvalue weighted by atomic mass is 10.2. The Balaban J connectivity index is 2.91. The molecule has 0 rings (SSSR count). The van der Waals surface area contributed by atoms with E-state index in [2.05, 4.69) is 39.5 Å². The summed E-state index contributed by atoms with van der Waals surface area (Å²) in [5.41, 5.74) is 0. The molecule has 0 fully saturated rings. The Morgan fingerprint density at radius 1 is 1.00 bits per heavy atom. The van der Waals surface area contributed by atoms with Crippen molar-refractivity contribution >= 4 is 11.8 Å². The highest BCUT2D eigenvalue weighted by molar-refractivity contribution is 7.99. The van der Waals surface area contributed by atoms with Gasteiger partial charge in [0.25, 0.3) is 0 Å². The summed E-state index contributed by atoms with van der Waals surface area (Å²) in [6.07, 6.45) is 1.37. The molecule has 0 aromatic rings. The normalized spacial score (nSPS) is 11.4. The fraction of sp³-hybridized carbons (Fsp3) is 1.00. The maximum Gasteiger partial charge on any atom is -0.00444 e. The highest BCUT2D eigenvalue weighted by atomic mass is 32.2. The molecule has 0 saturated carbocycles. The maximum absolute atomic E-state index is 2.29. The Labute approximate surface area is 69.8 Å². The number of thioether (sulfide) groups is 1. The average Bonchev–Trinajstić information content (AvgIpc) is 1.79. The van der Waals surface area contributed by atoms with E-state index in [1.807, 2.05) is 0 Å². The van der Waals surface area contributed by atoms with E-state index >= 15 is 0 Å². The van der Waals surface area contributed by atoms with Gasteiger partial charge in [-0.05, 0) is 29.8 Å². The Morgan fingerprint density at radius 2 is 1.60 bits per heavy atom. The van der Waals surface area contributed by atoms with Crippen LogP contribution in [0.25, 0.3) is 0 Å². The summed E-state index contributed by atoms with van der Waals surface area (Å²) in [4.78, 5) is 0. The molecule has 62 valence electrons. The van der Waals surface area contributed by atoms with E-state index < -0.39 is 0 Å². The van der Waals surface area contributed by atoms with Crippen LogP contribution in [-0.2, 0) is 0 Å². The quantitative estimate of drug-likeness (QED) is 0.555. The Kier molecular flexibility index (Phi) is 6.30. The molecule has 0 bridgehead atoms. The van der Waals surface area contributed by atoms with Crippen LogP contribution >= 0.6 is 11.8 Å². The van der Waals surface area contributed by atoms with Crippen LogP contribution in [0.15, 0.2) is 0 Å². The van der Waals surface area contributed by atoms with Crippen molar-refractivity contribution in [2.75, 3.05) is 11.5 Å². The summed E-state index contributed by atoms with van der Waals surface area (Å²) in [5.74, 6) is 4.40. The highest BCUT2D eigenvalue weighted by Crippen LogP contribution is 2.11. The number of hydrogen-bond donors (Lipinski definition) is 0.